The topological polar surface area (TPSA) is 58.4 Å². The summed E-state index contributed by atoms with van der Waals surface area (Å²) >= 11 is 3.63. The maximum absolute atomic E-state index is 12.3. The van der Waals surface area contributed by atoms with Crippen molar-refractivity contribution in [2.24, 2.45) is 5.73 Å². The van der Waals surface area contributed by atoms with Gasteiger partial charge < -0.3 is 11.1 Å². The van der Waals surface area contributed by atoms with E-state index < -0.39 is 5.54 Å². The minimum Gasteiger partial charge on any atom is -0.353 e. The van der Waals surface area contributed by atoms with Crippen molar-refractivity contribution in [3.05, 3.63) is 34.3 Å². The van der Waals surface area contributed by atoms with Crippen molar-refractivity contribution in [3.63, 3.8) is 0 Å². The second kappa shape index (κ2) is 6.46. The Labute approximate surface area is 135 Å². The summed E-state index contributed by atoms with van der Waals surface area (Å²) in [7, 11) is 0. The van der Waals surface area contributed by atoms with E-state index in [9.17, 15) is 4.79 Å². The van der Waals surface area contributed by atoms with E-state index in [0.717, 1.165) is 23.0 Å². The van der Waals surface area contributed by atoms with Crippen molar-refractivity contribution in [1.29, 1.82) is 0 Å². The van der Waals surface area contributed by atoms with Gasteiger partial charge >= 0.3 is 0 Å². The molecule has 1 aromatic carbocycles. The van der Waals surface area contributed by atoms with Crippen molar-refractivity contribution < 1.29 is 4.79 Å². The van der Waals surface area contributed by atoms with Crippen LogP contribution in [-0.4, -0.2) is 35.5 Å². The molecule has 1 amide bonds. The molecule has 1 saturated heterocycles. The van der Waals surface area contributed by atoms with Crippen molar-refractivity contribution in [2.45, 2.75) is 44.8 Å². The van der Waals surface area contributed by atoms with Crippen LogP contribution in [0.1, 0.15) is 38.8 Å². The summed E-state index contributed by atoms with van der Waals surface area (Å²) in [5, 5.41) is 2.95. The van der Waals surface area contributed by atoms with Crippen LogP contribution in [-0.2, 0) is 4.79 Å². The van der Waals surface area contributed by atoms with Gasteiger partial charge in [0.25, 0.3) is 0 Å². The first-order valence-electron chi connectivity index (χ1n) is 7.44. The number of hydrogen-bond acceptors (Lipinski definition) is 3. The van der Waals surface area contributed by atoms with E-state index in [-0.39, 0.29) is 18.0 Å². The van der Waals surface area contributed by atoms with Crippen LogP contribution in [0.25, 0.3) is 0 Å². The third-order valence-electron chi connectivity index (χ3n) is 4.35. The number of rotatable bonds is 4. The molecule has 2 unspecified atom stereocenters. The van der Waals surface area contributed by atoms with Gasteiger partial charge in [0.1, 0.15) is 0 Å². The SMILES string of the molecule is CCC(N)C(c1ccccc1Br)N1CCNC(=O)C1(C)C. The third-order valence-corrected chi connectivity index (χ3v) is 5.07. The molecular formula is C16H24BrN3O. The number of nitrogens with two attached hydrogens (primary N) is 1. The number of hydrogen-bond donors (Lipinski definition) is 2. The van der Waals surface area contributed by atoms with Crippen molar-refractivity contribution in [2.75, 3.05) is 13.1 Å². The number of amides is 1. The zero-order valence-corrected chi connectivity index (χ0v) is 14.5. The molecular weight excluding hydrogens is 330 g/mol. The quantitative estimate of drug-likeness (QED) is 0.873. The molecule has 0 aliphatic carbocycles. The Balaban J connectivity index is 2.46. The van der Waals surface area contributed by atoms with E-state index in [4.69, 9.17) is 5.73 Å². The van der Waals surface area contributed by atoms with Gasteiger partial charge in [-0.25, -0.2) is 0 Å². The fourth-order valence-electron chi connectivity index (χ4n) is 2.97. The average Bonchev–Trinajstić information content (AvgIpc) is 2.45. The van der Waals surface area contributed by atoms with Crippen LogP contribution in [0.15, 0.2) is 28.7 Å². The molecule has 1 fully saturated rings. The highest BCUT2D eigenvalue weighted by atomic mass is 79.9. The smallest absolute Gasteiger partial charge is 0.240 e. The summed E-state index contributed by atoms with van der Waals surface area (Å²) in [6.07, 6.45) is 0.861. The van der Waals surface area contributed by atoms with Crippen molar-refractivity contribution >= 4 is 21.8 Å². The lowest BCUT2D eigenvalue weighted by molar-refractivity contribution is -0.137. The molecule has 0 saturated carbocycles. The highest BCUT2D eigenvalue weighted by Crippen LogP contribution is 2.36. The summed E-state index contributed by atoms with van der Waals surface area (Å²) in [5.74, 6) is 0.0640. The predicted molar refractivity (Wildman–Crippen MR) is 88.9 cm³/mol. The molecule has 3 N–H and O–H groups in total. The standard InChI is InChI=1S/C16H24BrN3O/c1-4-13(18)14(11-7-5-6-8-12(11)17)20-10-9-19-15(21)16(20,2)3/h5-8,13-14H,4,9-10,18H2,1-3H3,(H,19,21). The van der Waals surface area contributed by atoms with Crippen molar-refractivity contribution in [3.8, 4) is 0 Å². The first-order valence-corrected chi connectivity index (χ1v) is 8.24. The molecule has 2 rings (SSSR count). The lowest BCUT2D eigenvalue weighted by Crippen LogP contribution is -2.64. The van der Waals surface area contributed by atoms with Gasteiger partial charge in [-0.15, -0.1) is 0 Å². The monoisotopic (exact) mass is 353 g/mol. The van der Waals surface area contributed by atoms with Crippen LogP contribution >= 0.6 is 15.9 Å². The summed E-state index contributed by atoms with van der Waals surface area (Å²) in [4.78, 5) is 14.5. The van der Waals surface area contributed by atoms with Gasteiger partial charge in [-0.3, -0.25) is 9.69 Å². The van der Waals surface area contributed by atoms with Crippen LogP contribution < -0.4 is 11.1 Å². The molecule has 116 valence electrons. The highest BCUT2D eigenvalue weighted by Gasteiger charge is 2.43. The van der Waals surface area contributed by atoms with Crippen LogP contribution in [0.2, 0.25) is 0 Å². The fraction of sp³-hybridized carbons (Fsp3) is 0.562. The maximum atomic E-state index is 12.3. The Kier molecular flexibility index (Phi) is 5.07. The number of benzene rings is 1. The third kappa shape index (κ3) is 3.15. The van der Waals surface area contributed by atoms with E-state index >= 15 is 0 Å². The zero-order valence-electron chi connectivity index (χ0n) is 12.9. The second-order valence-corrected chi connectivity index (χ2v) is 6.90. The van der Waals surface area contributed by atoms with Gasteiger partial charge in [-0.2, -0.15) is 0 Å². The number of nitrogens with zero attached hydrogens (tertiary/aromatic N) is 1. The van der Waals surface area contributed by atoms with Gasteiger partial charge in [0.05, 0.1) is 11.6 Å². The minimum atomic E-state index is -0.564. The van der Waals surface area contributed by atoms with E-state index in [1.807, 2.05) is 32.0 Å². The molecule has 0 spiro atoms. The first kappa shape index (κ1) is 16.5. The predicted octanol–water partition coefficient (Wildman–Crippen LogP) is 2.44. The minimum absolute atomic E-state index is 0.0196. The fourth-order valence-corrected chi connectivity index (χ4v) is 3.49. The second-order valence-electron chi connectivity index (χ2n) is 6.05. The van der Waals surface area contributed by atoms with Crippen LogP contribution in [0.5, 0.6) is 0 Å². The molecule has 1 heterocycles. The maximum Gasteiger partial charge on any atom is 0.240 e. The van der Waals surface area contributed by atoms with E-state index in [1.54, 1.807) is 0 Å². The molecule has 1 aromatic rings. The summed E-state index contributed by atoms with van der Waals surface area (Å²) < 4.78 is 1.04. The molecule has 0 radical (unpaired) electrons. The molecule has 5 heteroatoms. The Morgan fingerprint density at radius 3 is 2.71 bits per heavy atom. The largest absolute Gasteiger partial charge is 0.353 e. The number of piperazine rings is 1. The normalized spacial score (nSPS) is 21.7. The molecule has 0 bridgehead atoms. The van der Waals surface area contributed by atoms with Gasteiger partial charge in [-0.05, 0) is 31.9 Å². The molecule has 4 nitrogen and oxygen atoms in total. The van der Waals surface area contributed by atoms with E-state index in [0.29, 0.717) is 6.54 Å². The van der Waals surface area contributed by atoms with Gasteiger partial charge in [0, 0.05) is 23.6 Å². The van der Waals surface area contributed by atoms with Crippen molar-refractivity contribution in [1.82, 2.24) is 10.2 Å². The van der Waals surface area contributed by atoms with Crippen LogP contribution in [0.3, 0.4) is 0 Å². The Morgan fingerprint density at radius 1 is 1.43 bits per heavy atom. The summed E-state index contributed by atoms with van der Waals surface area (Å²) in [6.45, 7) is 7.49. The molecule has 2 atom stereocenters. The summed E-state index contributed by atoms with van der Waals surface area (Å²) in [6, 6.07) is 8.14. The summed E-state index contributed by atoms with van der Waals surface area (Å²) in [5.41, 5.74) is 7.00. The highest BCUT2D eigenvalue weighted by molar-refractivity contribution is 9.10. The van der Waals surface area contributed by atoms with Gasteiger partial charge in [-0.1, -0.05) is 41.1 Å². The lowest BCUT2D eigenvalue weighted by atomic mass is 9.89. The van der Waals surface area contributed by atoms with E-state index in [1.165, 1.54) is 0 Å². The van der Waals surface area contributed by atoms with Crippen LogP contribution in [0.4, 0.5) is 0 Å². The Bertz CT molecular complexity index is 518. The van der Waals surface area contributed by atoms with Gasteiger partial charge in [0.2, 0.25) is 5.91 Å². The molecule has 1 aliphatic rings. The molecule has 0 aromatic heterocycles. The Hall–Kier alpha value is -0.910. The molecule has 21 heavy (non-hydrogen) atoms. The number of halogens is 1. The average molecular weight is 354 g/mol. The first-order chi connectivity index (χ1) is 9.89. The number of nitrogens with one attached hydrogen (secondary N) is 1. The van der Waals surface area contributed by atoms with Crippen LogP contribution in [0, 0.1) is 0 Å². The molecule has 1 aliphatic heterocycles. The van der Waals surface area contributed by atoms with Gasteiger partial charge in [0.15, 0.2) is 0 Å². The number of carbonyl (C=O) groups is 1. The Morgan fingerprint density at radius 2 is 2.10 bits per heavy atom. The number of carbonyl (C=O) groups excluding carboxylic acids is 1. The van der Waals surface area contributed by atoms with E-state index in [2.05, 4.69) is 39.1 Å². The zero-order chi connectivity index (χ0) is 15.6. The lowest BCUT2D eigenvalue weighted by Gasteiger charge is -2.47.